The van der Waals surface area contributed by atoms with Crippen molar-refractivity contribution in [3.8, 4) is 0 Å². The minimum atomic E-state index is 0.442. The molecule has 0 aromatic carbocycles. The van der Waals surface area contributed by atoms with Gasteiger partial charge in [0.05, 0.1) is 11.6 Å². The van der Waals surface area contributed by atoms with Gasteiger partial charge >= 0.3 is 0 Å². The van der Waals surface area contributed by atoms with Gasteiger partial charge in [-0.3, -0.25) is 14.6 Å². The van der Waals surface area contributed by atoms with Crippen LogP contribution in [0.4, 0.5) is 5.82 Å². The second kappa shape index (κ2) is 6.52. The first kappa shape index (κ1) is 15.0. The van der Waals surface area contributed by atoms with Gasteiger partial charge in [-0.05, 0) is 30.5 Å². The maximum atomic E-state index is 4.40. The summed E-state index contributed by atoms with van der Waals surface area (Å²) in [6, 6.07) is 4.62. The van der Waals surface area contributed by atoms with E-state index in [1.807, 2.05) is 25.6 Å². The van der Waals surface area contributed by atoms with Gasteiger partial charge in [-0.25, -0.2) is 9.97 Å². The van der Waals surface area contributed by atoms with E-state index in [0.29, 0.717) is 6.04 Å². The molecule has 4 rings (SSSR count). The highest BCUT2D eigenvalue weighted by atomic mass is 15.3. The van der Waals surface area contributed by atoms with Crippen LogP contribution in [-0.4, -0.2) is 48.8 Å². The summed E-state index contributed by atoms with van der Waals surface area (Å²) in [6.45, 7) is 3.16. The topological polar surface area (TPSA) is 71.8 Å². The Labute approximate surface area is 140 Å². The Balaban J connectivity index is 1.37. The number of likely N-dealkylation sites (tertiary alicyclic amines) is 1. The largest absolute Gasteiger partial charge is 0.367 e. The highest BCUT2D eigenvalue weighted by Crippen LogP contribution is 2.22. The maximum absolute atomic E-state index is 4.40. The Morgan fingerprint density at radius 1 is 1.17 bits per heavy atom. The van der Waals surface area contributed by atoms with Crippen molar-refractivity contribution in [2.45, 2.75) is 25.4 Å². The van der Waals surface area contributed by atoms with Crippen molar-refractivity contribution in [3.05, 3.63) is 42.6 Å². The lowest BCUT2D eigenvalue weighted by Gasteiger charge is -2.32. The summed E-state index contributed by atoms with van der Waals surface area (Å²) in [7, 11) is 1.90. The van der Waals surface area contributed by atoms with Crippen LogP contribution in [0.15, 0.2) is 37.1 Å². The Kier molecular flexibility index (Phi) is 4.08. The van der Waals surface area contributed by atoms with Gasteiger partial charge in [0.15, 0.2) is 5.65 Å². The highest BCUT2D eigenvalue weighted by molar-refractivity contribution is 5.86. The molecule has 0 aliphatic carbocycles. The summed E-state index contributed by atoms with van der Waals surface area (Å²) in [6.07, 6.45) is 9.37. The molecule has 4 heterocycles. The van der Waals surface area contributed by atoms with E-state index in [4.69, 9.17) is 0 Å². The summed E-state index contributed by atoms with van der Waals surface area (Å²) < 4.78 is 1.78. The lowest BCUT2D eigenvalue weighted by atomic mass is 10.0. The van der Waals surface area contributed by atoms with Gasteiger partial charge in [-0.2, -0.15) is 5.10 Å². The second-order valence-corrected chi connectivity index (χ2v) is 6.28. The zero-order valence-electron chi connectivity index (χ0n) is 13.8. The van der Waals surface area contributed by atoms with Gasteiger partial charge in [0, 0.05) is 45.1 Å². The van der Waals surface area contributed by atoms with Crippen LogP contribution in [0.25, 0.3) is 11.0 Å². The van der Waals surface area contributed by atoms with Crippen LogP contribution in [0.1, 0.15) is 18.4 Å². The summed E-state index contributed by atoms with van der Waals surface area (Å²) in [5.41, 5.74) is 2.19. The maximum Gasteiger partial charge on any atom is 0.163 e. The average Bonchev–Trinajstić information content (AvgIpc) is 3.00. The number of fused-ring (bicyclic) bond motifs is 1. The summed E-state index contributed by atoms with van der Waals surface area (Å²) >= 11 is 0. The first-order chi connectivity index (χ1) is 11.8. The standard InChI is InChI=1S/C17H21N7/c1-23-17-15(10-21-23)16(19-12-20-17)22-14-4-8-24(9-5-14)11-13-2-6-18-7-3-13/h2-3,6-7,10,12,14H,4-5,8-9,11H2,1H3,(H,19,20,22). The molecule has 0 saturated carbocycles. The summed E-state index contributed by atoms with van der Waals surface area (Å²) in [4.78, 5) is 15.3. The van der Waals surface area contributed by atoms with E-state index >= 15 is 0 Å². The predicted octanol–water partition coefficient (Wildman–Crippen LogP) is 1.83. The zero-order valence-corrected chi connectivity index (χ0v) is 13.8. The molecule has 1 saturated heterocycles. The van der Waals surface area contributed by atoms with E-state index in [2.05, 4.69) is 42.4 Å². The molecular weight excluding hydrogens is 302 g/mol. The Morgan fingerprint density at radius 2 is 1.96 bits per heavy atom. The SMILES string of the molecule is Cn1ncc2c(NC3CCN(Cc4ccncc4)CC3)ncnc21. The van der Waals surface area contributed by atoms with Crippen molar-refractivity contribution in [2.75, 3.05) is 18.4 Å². The van der Waals surface area contributed by atoms with E-state index in [1.54, 1.807) is 11.0 Å². The molecule has 0 spiro atoms. The minimum absolute atomic E-state index is 0.442. The van der Waals surface area contributed by atoms with Crippen molar-refractivity contribution in [1.29, 1.82) is 0 Å². The number of piperidine rings is 1. The molecular formula is C17H21N7. The third kappa shape index (κ3) is 3.07. The fourth-order valence-electron chi connectivity index (χ4n) is 3.25. The Morgan fingerprint density at radius 3 is 2.75 bits per heavy atom. The van der Waals surface area contributed by atoms with Crippen molar-refractivity contribution >= 4 is 16.9 Å². The minimum Gasteiger partial charge on any atom is -0.367 e. The normalized spacial score (nSPS) is 16.5. The average molecular weight is 323 g/mol. The Bertz CT molecular complexity index is 806. The fourth-order valence-corrected chi connectivity index (χ4v) is 3.25. The smallest absolute Gasteiger partial charge is 0.163 e. The molecule has 3 aromatic rings. The number of pyridine rings is 1. The van der Waals surface area contributed by atoms with E-state index in [1.165, 1.54) is 5.56 Å². The molecule has 1 aliphatic rings. The Hall–Kier alpha value is -2.54. The van der Waals surface area contributed by atoms with Crippen molar-refractivity contribution in [1.82, 2.24) is 29.6 Å². The third-order valence-electron chi connectivity index (χ3n) is 4.61. The molecule has 1 fully saturated rings. The molecule has 24 heavy (non-hydrogen) atoms. The predicted molar refractivity (Wildman–Crippen MR) is 92.5 cm³/mol. The quantitative estimate of drug-likeness (QED) is 0.790. The van der Waals surface area contributed by atoms with E-state index in [9.17, 15) is 0 Å². The van der Waals surface area contributed by atoms with Crippen LogP contribution in [0.3, 0.4) is 0 Å². The van der Waals surface area contributed by atoms with Gasteiger partial charge in [-0.15, -0.1) is 0 Å². The lowest BCUT2D eigenvalue weighted by molar-refractivity contribution is 0.211. The highest BCUT2D eigenvalue weighted by Gasteiger charge is 2.20. The lowest BCUT2D eigenvalue weighted by Crippen LogP contribution is -2.38. The number of nitrogens with one attached hydrogen (secondary N) is 1. The second-order valence-electron chi connectivity index (χ2n) is 6.28. The number of aromatic nitrogens is 5. The number of hydrogen-bond acceptors (Lipinski definition) is 6. The molecule has 7 heteroatoms. The third-order valence-corrected chi connectivity index (χ3v) is 4.61. The van der Waals surface area contributed by atoms with Crippen LogP contribution in [0.2, 0.25) is 0 Å². The van der Waals surface area contributed by atoms with Crippen LogP contribution >= 0.6 is 0 Å². The molecule has 0 amide bonds. The first-order valence-corrected chi connectivity index (χ1v) is 8.30. The van der Waals surface area contributed by atoms with Crippen LogP contribution < -0.4 is 5.32 Å². The number of nitrogens with zero attached hydrogens (tertiary/aromatic N) is 6. The van der Waals surface area contributed by atoms with Gasteiger partial charge in [0.25, 0.3) is 0 Å². The fraction of sp³-hybridized carbons (Fsp3) is 0.412. The molecule has 0 unspecified atom stereocenters. The van der Waals surface area contributed by atoms with Gasteiger partial charge in [0.2, 0.25) is 0 Å². The monoisotopic (exact) mass is 323 g/mol. The number of hydrogen-bond donors (Lipinski definition) is 1. The number of anilines is 1. The van der Waals surface area contributed by atoms with E-state index in [0.717, 1.165) is 49.3 Å². The van der Waals surface area contributed by atoms with Crippen molar-refractivity contribution in [3.63, 3.8) is 0 Å². The molecule has 1 aliphatic heterocycles. The van der Waals surface area contributed by atoms with Crippen LogP contribution in [0, 0.1) is 0 Å². The summed E-state index contributed by atoms with van der Waals surface area (Å²) in [5, 5.41) is 8.84. The molecule has 124 valence electrons. The number of aryl methyl sites for hydroxylation is 1. The van der Waals surface area contributed by atoms with Gasteiger partial charge in [-0.1, -0.05) is 0 Å². The van der Waals surface area contributed by atoms with Crippen molar-refractivity contribution < 1.29 is 0 Å². The molecule has 1 N–H and O–H groups in total. The molecule has 7 nitrogen and oxygen atoms in total. The number of rotatable bonds is 4. The molecule has 3 aromatic heterocycles. The van der Waals surface area contributed by atoms with Gasteiger partial charge in [0.1, 0.15) is 12.1 Å². The van der Waals surface area contributed by atoms with E-state index < -0.39 is 0 Å². The molecule has 0 radical (unpaired) electrons. The molecule has 0 atom stereocenters. The van der Waals surface area contributed by atoms with Crippen molar-refractivity contribution in [2.24, 2.45) is 7.05 Å². The first-order valence-electron chi connectivity index (χ1n) is 8.30. The molecule has 0 bridgehead atoms. The van der Waals surface area contributed by atoms with Crippen LogP contribution in [0.5, 0.6) is 0 Å². The summed E-state index contributed by atoms with van der Waals surface area (Å²) in [5.74, 6) is 0.890. The van der Waals surface area contributed by atoms with E-state index in [-0.39, 0.29) is 0 Å². The van der Waals surface area contributed by atoms with Crippen LogP contribution in [-0.2, 0) is 13.6 Å². The van der Waals surface area contributed by atoms with Gasteiger partial charge < -0.3 is 5.32 Å². The zero-order chi connectivity index (χ0) is 16.4.